The van der Waals surface area contributed by atoms with Crippen LogP contribution in [0.4, 0.5) is 0 Å². The molecule has 7 atom stereocenters. The fraction of sp³-hybridized carbons (Fsp3) is 0.952. The van der Waals surface area contributed by atoms with E-state index in [9.17, 15) is 43.2 Å². The molecule has 0 spiro atoms. The van der Waals surface area contributed by atoms with E-state index in [0.29, 0.717) is 25.7 Å². The van der Waals surface area contributed by atoms with E-state index in [1.54, 1.807) is 0 Å². The standard InChI is InChI=1S/C84H164O17P2/c1-8-11-12-13-14-44-51-58-65-81(86)94-71-79(100-84(89)68-61-54-47-40-34-28-27-29-35-41-48-55-62-75(4)5)73-98-102(90,91)96-69-78(85)70-97-103(92,93)99-74-80(72-95-82(87)66-59-52-45-38-32-25-22-21-24-31-37-43-50-57-64-77(7)10-3)101-83(88)67-60-53-46-39-33-26-20-18-16-15-17-19-23-30-36-42-49-56-63-76(6)9-2/h75-80,85H,8-74H2,1-7H3,(H,90,91)(H,92,93)/t76?,77?,78-,79+,80+/m0/s1. The topological polar surface area (TPSA) is 237 Å². The predicted molar refractivity (Wildman–Crippen MR) is 423 cm³/mol. The zero-order valence-corrected chi connectivity index (χ0v) is 69.6. The lowest BCUT2D eigenvalue weighted by Crippen LogP contribution is -2.30. The van der Waals surface area contributed by atoms with E-state index in [1.165, 1.54) is 244 Å². The first-order valence-electron chi connectivity index (χ1n) is 43.4. The van der Waals surface area contributed by atoms with E-state index in [0.717, 1.165) is 114 Å². The molecule has 0 aromatic heterocycles. The quantitative estimate of drug-likeness (QED) is 0.0222. The van der Waals surface area contributed by atoms with Gasteiger partial charge >= 0.3 is 39.5 Å². The van der Waals surface area contributed by atoms with Crippen molar-refractivity contribution in [2.45, 2.75) is 458 Å². The Kier molecular flexibility index (Phi) is 72.8. The summed E-state index contributed by atoms with van der Waals surface area (Å²) in [5, 5.41) is 10.6. The molecule has 0 radical (unpaired) electrons. The number of unbranched alkanes of at least 4 members (excludes halogenated alkanes) is 48. The molecule has 0 heterocycles. The molecule has 0 saturated carbocycles. The molecule has 4 unspecified atom stereocenters. The summed E-state index contributed by atoms with van der Waals surface area (Å²) in [5.74, 6) is 0.388. The van der Waals surface area contributed by atoms with Crippen molar-refractivity contribution in [3.8, 4) is 0 Å². The Hall–Kier alpha value is -1.94. The van der Waals surface area contributed by atoms with E-state index < -0.39 is 97.5 Å². The molecule has 103 heavy (non-hydrogen) atoms. The number of phosphoric ester groups is 2. The van der Waals surface area contributed by atoms with Crippen LogP contribution in [0.2, 0.25) is 0 Å². The molecule has 0 aliphatic rings. The van der Waals surface area contributed by atoms with Crippen LogP contribution in [0.25, 0.3) is 0 Å². The zero-order valence-electron chi connectivity index (χ0n) is 67.8. The molecule has 0 aromatic rings. The number of esters is 4. The number of hydrogen-bond acceptors (Lipinski definition) is 15. The molecule has 612 valence electrons. The molecule has 0 amide bonds. The molecule has 0 aromatic carbocycles. The number of hydrogen-bond donors (Lipinski definition) is 3. The molecule has 0 fully saturated rings. The summed E-state index contributed by atoms with van der Waals surface area (Å²) < 4.78 is 68.7. The molecule has 0 aliphatic carbocycles. The molecule has 0 bridgehead atoms. The largest absolute Gasteiger partial charge is 0.472 e. The Morgan fingerprint density at radius 1 is 0.282 bits per heavy atom. The fourth-order valence-electron chi connectivity index (χ4n) is 13.0. The summed E-state index contributed by atoms with van der Waals surface area (Å²) in [4.78, 5) is 73.0. The Morgan fingerprint density at radius 2 is 0.495 bits per heavy atom. The molecular weight excluding hydrogens is 1340 g/mol. The zero-order chi connectivity index (χ0) is 75.8. The van der Waals surface area contributed by atoms with Crippen LogP contribution in [0.3, 0.4) is 0 Å². The van der Waals surface area contributed by atoms with E-state index >= 15 is 0 Å². The summed E-state index contributed by atoms with van der Waals surface area (Å²) in [6.07, 6.45) is 63.8. The van der Waals surface area contributed by atoms with Gasteiger partial charge in [0.05, 0.1) is 26.4 Å². The van der Waals surface area contributed by atoms with Gasteiger partial charge in [0.25, 0.3) is 0 Å². The Balaban J connectivity index is 5.19. The Bertz CT molecular complexity index is 2000. The van der Waals surface area contributed by atoms with Gasteiger partial charge in [-0.1, -0.05) is 389 Å². The summed E-state index contributed by atoms with van der Waals surface area (Å²) in [7, 11) is -9.92. The third kappa shape index (κ3) is 75.3. The number of phosphoric acid groups is 2. The average molecular weight is 1510 g/mol. The Labute approximate surface area is 632 Å². The van der Waals surface area contributed by atoms with Gasteiger partial charge in [0.15, 0.2) is 12.2 Å². The van der Waals surface area contributed by atoms with Gasteiger partial charge in [0.1, 0.15) is 19.3 Å². The van der Waals surface area contributed by atoms with Crippen LogP contribution in [-0.4, -0.2) is 96.7 Å². The van der Waals surface area contributed by atoms with Gasteiger partial charge in [0.2, 0.25) is 0 Å². The molecular formula is C84H164O17P2. The maximum atomic E-state index is 13.1. The van der Waals surface area contributed by atoms with Crippen LogP contribution >= 0.6 is 15.6 Å². The Morgan fingerprint density at radius 3 is 0.738 bits per heavy atom. The average Bonchev–Trinajstić information content (AvgIpc) is 0.913. The van der Waals surface area contributed by atoms with Gasteiger partial charge in [-0.05, 0) is 43.4 Å². The van der Waals surface area contributed by atoms with Crippen molar-refractivity contribution in [1.82, 2.24) is 0 Å². The summed E-state index contributed by atoms with van der Waals surface area (Å²) in [6.45, 7) is 12.1. The second kappa shape index (κ2) is 74.2. The normalized spacial score (nSPS) is 14.4. The van der Waals surface area contributed by atoms with Crippen molar-refractivity contribution in [2.75, 3.05) is 39.6 Å². The molecule has 19 heteroatoms. The minimum Gasteiger partial charge on any atom is -0.462 e. The summed E-state index contributed by atoms with van der Waals surface area (Å²) >= 11 is 0. The predicted octanol–water partition coefficient (Wildman–Crippen LogP) is 25.3. The summed E-state index contributed by atoms with van der Waals surface area (Å²) in [5.41, 5.74) is 0. The fourth-order valence-corrected chi connectivity index (χ4v) is 14.5. The van der Waals surface area contributed by atoms with Crippen molar-refractivity contribution in [3.05, 3.63) is 0 Å². The van der Waals surface area contributed by atoms with E-state index in [-0.39, 0.29) is 25.7 Å². The molecule has 0 aliphatic heterocycles. The van der Waals surface area contributed by atoms with Gasteiger partial charge in [-0.25, -0.2) is 9.13 Å². The van der Waals surface area contributed by atoms with Crippen LogP contribution in [0, 0.1) is 17.8 Å². The van der Waals surface area contributed by atoms with Gasteiger partial charge in [-0.15, -0.1) is 0 Å². The molecule has 17 nitrogen and oxygen atoms in total. The van der Waals surface area contributed by atoms with Crippen LogP contribution in [-0.2, 0) is 65.4 Å². The van der Waals surface area contributed by atoms with Crippen LogP contribution in [0.1, 0.15) is 440 Å². The van der Waals surface area contributed by atoms with Gasteiger partial charge in [-0.2, -0.15) is 0 Å². The van der Waals surface area contributed by atoms with Crippen molar-refractivity contribution in [2.24, 2.45) is 17.8 Å². The number of carbonyl (C=O) groups excluding carboxylic acids is 4. The second-order valence-corrected chi connectivity index (χ2v) is 34.1. The van der Waals surface area contributed by atoms with Crippen molar-refractivity contribution in [1.29, 1.82) is 0 Å². The third-order valence-corrected chi connectivity index (χ3v) is 22.3. The van der Waals surface area contributed by atoms with Crippen molar-refractivity contribution in [3.63, 3.8) is 0 Å². The smallest absolute Gasteiger partial charge is 0.462 e. The maximum Gasteiger partial charge on any atom is 0.472 e. The maximum absolute atomic E-state index is 13.1. The highest BCUT2D eigenvalue weighted by Gasteiger charge is 2.30. The van der Waals surface area contributed by atoms with Crippen LogP contribution in [0.15, 0.2) is 0 Å². The minimum absolute atomic E-state index is 0.107. The highest BCUT2D eigenvalue weighted by Crippen LogP contribution is 2.45. The first kappa shape index (κ1) is 101. The first-order valence-corrected chi connectivity index (χ1v) is 46.4. The monoisotopic (exact) mass is 1510 g/mol. The van der Waals surface area contributed by atoms with Gasteiger partial charge < -0.3 is 33.8 Å². The molecule has 0 rings (SSSR count). The molecule has 0 saturated heterocycles. The second-order valence-electron chi connectivity index (χ2n) is 31.2. The van der Waals surface area contributed by atoms with Crippen LogP contribution < -0.4 is 0 Å². The van der Waals surface area contributed by atoms with Crippen molar-refractivity contribution >= 4 is 39.5 Å². The lowest BCUT2D eigenvalue weighted by molar-refractivity contribution is -0.161. The van der Waals surface area contributed by atoms with Gasteiger partial charge in [-0.3, -0.25) is 37.3 Å². The number of rotatable bonds is 82. The number of ether oxygens (including phenoxy) is 4. The molecule has 3 N–H and O–H groups in total. The van der Waals surface area contributed by atoms with E-state index in [2.05, 4.69) is 48.5 Å². The van der Waals surface area contributed by atoms with E-state index in [4.69, 9.17) is 37.0 Å². The third-order valence-electron chi connectivity index (χ3n) is 20.4. The highest BCUT2D eigenvalue weighted by molar-refractivity contribution is 7.47. The number of aliphatic hydroxyl groups is 1. The minimum atomic E-state index is -4.96. The summed E-state index contributed by atoms with van der Waals surface area (Å²) in [6, 6.07) is 0. The lowest BCUT2D eigenvalue weighted by atomic mass is 9.99. The first-order chi connectivity index (χ1) is 49.8. The van der Waals surface area contributed by atoms with E-state index in [1.807, 2.05) is 0 Å². The lowest BCUT2D eigenvalue weighted by Gasteiger charge is -2.21. The van der Waals surface area contributed by atoms with Crippen LogP contribution in [0.5, 0.6) is 0 Å². The number of aliphatic hydroxyl groups excluding tert-OH is 1. The number of carbonyl (C=O) groups is 4. The SMILES string of the molecule is CCCCCCCCCCC(=O)OC[C@H](COP(=O)(O)OC[C@H](O)COP(=O)(O)OC[C@@H](COC(=O)CCCCCCCCCCCCCCCCC(C)CC)OC(=O)CCCCCCCCCCCCCCCCCCCCC(C)CC)OC(=O)CCCCCCCCCCCCCCC(C)C. The highest BCUT2D eigenvalue weighted by atomic mass is 31.2. The van der Waals surface area contributed by atoms with Crippen molar-refractivity contribution < 1.29 is 80.2 Å². The van der Waals surface area contributed by atoms with Gasteiger partial charge in [0, 0.05) is 25.7 Å².